The van der Waals surface area contributed by atoms with Crippen molar-refractivity contribution in [1.29, 1.82) is 0 Å². The average Bonchev–Trinajstić information content (AvgIpc) is 3.02. The molecule has 8 heteroatoms. The van der Waals surface area contributed by atoms with Crippen molar-refractivity contribution < 1.29 is 4.42 Å². The smallest absolute Gasteiger partial charge is 0.336 e. The van der Waals surface area contributed by atoms with E-state index in [9.17, 15) is 4.79 Å². The van der Waals surface area contributed by atoms with Crippen molar-refractivity contribution >= 4 is 34.3 Å². The molecule has 0 amide bonds. The monoisotopic (exact) mass is 398 g/mol. The molecule has 0 aliphatic carbocycles. The highest BCUT2D eigenvalue weighted by molar-refractivity contribution is 7.98. The molecule has 0 N–H and O–H groups in total. The zero-order valence-electron chi connectivity index (χ0n) is 14.6. The van der Waals surface area contributed by atoms with Crippen LogP contribution in [0.5, 0.6) is 0 Å². The van der Waals surface area contributed by atoms with Crippen LogP contribution in [0.3, 0.4) is 0 Å². The van der Waals surface area contributed by atoms with Gasteiger partial charge in [0.15, 0.2) is 11.0 Å². The van der Waals surface area contributed by atoms with Gasteiger partial charge in [0.2, 0.25) is 0 Å². The van der Waals surface area contributed by atoms with E-state index < -0.39 is 0 Å². The molecule has 0 radical (unpaired) electrons. The van der Waals surface area contributed by atoms with E-state index in [0.717, 1.165) is 33.1 Å². The SMILES string of the molecule is Cc1cc2oc(=O)cc(CSc3nnc(-c4ccncc4)n3C)c2cc1Cl. The van der Waals surface area contributed by atoms with Gasteiger partial charge in [0.05, 0.1) is 0 Å². The number of halogens is 1. The zero-order valence-corrected chi connectivity index (χ0v) is 16.2. The predicted octanol–water partition coefficient (Wildman–Crippen LogP) is 4.24. The number of thioether (sulfide) groups is 1. The fourth-order valence-corrected chi connectivity index (χ4v) is 3.87. The van der Waals surface area contributed by atoms with Gasteiger partial charge in [-0.1, -0.05) is 23.4 Å². The third-order valence-electron chi connectivity index (χ3n) is 4.24. The van der Waals surface area contributed by atoms with Gasteiger partial charge in [-0.25, -0.2) is 4.79 Å². The maximum absolute atomic E-state index is 11.9. The zero-order chi connectivity index (χ0) is 19.0. The van der Waals surface area contributed by atoms with Crippen LogP contribution in [0.15, 0.2) is 57.1 Å². The van der Waals surface area contributed by atoms with Crippen LogP contribution in [-0.4, -0.2) is 19.7 Å². The Morgan fingerprint density at radius 3 is 2.74 bits per heavy atom. The first-order valence-electron chi connectivity index (χ1n) is 8.18. The van der Waals surface area contributed by atoms with Gasteiger partial charge in [0, 0.05) is 47.2 Å². The van der Waals surface area contributed by atoms with Crippen molar-refractivity contribution in [3.05, 3.63) is 69.3 Å². The molecule has 0 saturated carbocycles. The Bertz CT molecular complexity index is 1190. The summed E-state index contributed by atoms with van der Waals surface area (Å²) in [6, 6.07) is 8.90. The molecule has 136 valence electrons. The van der Waals surface area contributed by atoms with Gasteiger partial charge in [0.25, 0.3) is 0 Å². The third kappa shape index (κ3) is 3.48. The first kappa shape index (κ1) is 17.8. The van der Waals surface area contributed by atoms with E-state index in [4.69, 9.17) is 16.0 Å². The summed E-state index contributed by atoms with van der Waals surface area (Å²) >= 11 is 7.75. The van der Waals surface area contributed by atoms with Crippen molar-refractivity contribution in [2.24, 2.45) is 7.05 Å². The lowest BCUT2D eigenvalue weighted by Gasteiger charge is -2.07. The molecule has 6 nitrogen and oxygen atoms in total. The van der Waals surface area contributed by atoms with Gasteiger partial charge in [-0.3, -0.25) is 4.98 Å². The van der Waals surface area contributed by atoms with E-state index >= 15 is 0 Å². The first-order chi connectivity index (χ1) is 13.0. The van der Waals surface area contributed by atoms with Crippen molar-refractivity contribution in [2.45, 2.75) is 17.8 Å². The van der Waals surface area contributed by atoms with E-state index in [1.165, 1.54) is 17.8 Å². The Kier molecular flexibility index (Phi) is 4.72. The second kappa shape index (κ2) is 7.17. The molecule has 4 rings (SSSR count). The van der Waals surface area contributed by atoms with Crippen molar-refractivity contribution in [3.8, 4) is 11.4 Å². The average molecular weight is 399 g/mol. The van der Waals surface area contributed by atoms with Crippen LogP contribution in [0.2, 0.25) is 5.02 Å². The highest BCUT2D eigenvalue weighted by Gasteiger charge is 2.13. The lowest BCUT2D eigenvalue weighted by atomic mass is 10.1. The Balaban J connectivity index is 1.66. The molecule has 0 saturated heterocycles. The molecule has 0 atom stereocenters. The van der Waals surface area contributed by atoms with Crippen LogP contribution in [0, 0.1) is 6.92 Å². The summed E-state index contributed by atoms with van der Waals surface area (Å²) in [7, 11) is 1.91. The minimum Gasteiger partial charge on any atom is -0.423 e. The molecule has 1 aromatic carbocycles. The summed E-state index contributed by atoms with van der Waals surface area (Å²) in [5.74, 6) is 1.31. The minimum absolute atomic E-state index is 0.379. The van der Waals surface area contributed by atoms with Crippen LogP contribution < -0.4 is 5.63 Å². The number of aryl methyl sites for hydroxylation is 1. The third-order valence-corrected chi connectivity index (χ3v) is 5.72. The number of fused-ring (bicyclic) bond motifs is 1. The summed E-state index contributed by atoms with van der Waals surface area (Å²) in [5, 5.41) is 10.8. The Labute approximate surface area is 164 Å². The normalized spacial score (nSPS) is 11.2. The van der Waals surface area contributed by atoms with Gasteiger partial charge in [0.1, 0.15) is 5.58 Å². The lowest BCUT2D eigenvalue weighted by molar-refractivity contribution is 0.559. The second-order valence-electron chi connectivity index (χ2n) is 6.08. The molecule has 3 heterocycles. The van der Waals surface area contributed by atoms with Crippen LogP contribution in [0.1, 0.15) is 11.1 Å². The molecule has 4 aromatic rings. The van der Waals surface area contributed by atoms with Gasteiger partial charge >= 0.3 is 5.63 Å². The standard InChI is InChI=1S/C19H15ClN4O2S/c1-11-7-16-14(9-15(11)20)13(8-17(25)26-16)10-27-19-23-22-18(24(19)2)12-3-5-21-6-4-12/h3-9H,10H2,1-2H3. The molecule has 0 aliphatic rings. The van der Waals surface area contributed by atoms with Crippen molar-refractivity contribution in [3.63, 3.8) is 0 Å². The summed E-state index contributed by atoms with van der Waals surface area (Å²) < 4.78 is 7.23. The molecule has 27 heavy (non-hydrogen) atoms. The second-order valence-corrected chi connectivity index (χ2v) is 7.43. The largest absolute Gasteiger partial charge is 0.423 e. The highest BCUT2D eigenvalue weighted by Crippen LogP contribution is 2.30. The van der Waals surface area contributed by atoms with Crippen LogP contribution in [0.4, 0.5) is 0 Å². The van der Waals surface area contributed by atoms with E-state index in [1.54, 1.807) is 18.5 Å². The Hall–Kier alpha value is -2.64. The van der Waals surface area contributed by atoms with E-state index in [-0.39, 0.29) is 5.63 Å². The molecular weight excluding hydrogens is 384 g/mol. The number of pyridine rings is 1. The highest BCUT2D eigenvalue weighted by atomic mass is 35.5. The minimum atomic E-state index is -0.379. The summed E-state index contributed by atoms with van der Waals surface area (Å²) in [6.45, 7) is 1.88. The first-order valence-corrected chi connectivity index (χ1v) is 9.55. The molecule has 0 unspecified atom stereocenters. The van der Waals surface area contributed by atoms with Crippen LogP contribution in [-0.2, 0) is 12.8 Å². The number of hydrogen-bond donors (Lipinski definition) is 0. The van der Waals surface area contributed by atoms with Gasteiger partial charge in [-0.2, -0.15) is 0 Å². The van der Waals surface area contributed by atoms with Crippen LogP contribution in [0.25, 0.3) is 22.4 Å². The number of rotatable bonds is 4. The molecule has 0 bridgehead atoms. The summed E-state index contributed by atoms with van der Waals surface area (Å²) in [5.41, 5.74) is 2.82. The van der Waals surface area contributed by atoms with Crippen molar-refractivity contribution in [1.82, 2.24) is 19.7 Å². The van der Waals surface area contributed by atoms with Gasteiger partial charge in [-0.15, -0.1) is 10.2 Å². The lowest BCUT2D eigenvalue weighted by Crippen LogP contribution is -2.01. The maximum Gasteiger partial charge on any atom is 0.336 e. The van der Waals surface area contributed by atoms with Crippen molar-refractivity contribution in [2.75, 3.05) is 0 Å². The Morgan fingerprint density at radius 2 is 1.96 bits per heavy atom. The summed E-state index contributed by atoms with van der Waals surface area (Å²) in [6.07, 6.45) is 3.44. The number of benzene rings is 1. The van der Waals surface area contributed by atoms with Gasteiger partial charge in [-0.05, 0) is 42.3 Å². The van der Waals surface area contributed by atoms with E-state index in [2.05, 4.69) is 15.2 Å². The topological polar surface area (TPSA) is 73.8 Å². The fourth-order valence-electron chi connectivity index (χ4n) is 2.80. The molecular formula is C19H15ClN4O2S. The maximum atomic E-state index is 11.9. The van der Waals surface area contributed by atoms with E-state index in [0.29, 0.717) is 16.4 Å². The van der Waals surface area contributed by atoms with Crippen LogP contribution >= 0.6 is 23.4 Å². The summed E-state index contributed by atoms with van der Waals surface area (Å²) in [4.78, 5) is 15.9. The van der Waals surface area contributed by atoms with Gasteiger partial charge < -0.3 is 8.98 Å². The number of hydrogen-bond acceptors (Lipinski definition) is 6. The van der Waals surface area contributed by atoms with E-state index in [1.807, 2.05) is 36.7 Å². The fraction of sp³-hybridized carbons (Fsp3) is 0.158. The Morgan fingerprint density at radius 1 is 1.19 bits per heavy atom. The molecule has 0 spiro atoms. The molecule has 0 fully saturated rings. The molecule has 3 aromatic heterocycles. The molecule has 0 aliphatic heterocycles. The quantitative estimate of drug-likeness (QED) is 0.378. The predicted molar refractivity (Wildman–Crippen MR) is 106 cm³/mol. The number of nitrogens with zero attached hydrogens (tertiary/aromatic N) is 4. The number of aromatic nitrogens is 4.